The molecule has 0 fully saturated rings. The zero-order valence-corrected chi connectivity index (χ0v) is 32.8. The Kier molecular flexibility index (Phi) is 6.86. The number of nitrogens with zero attached hydrogens (tertiary/aromatic N) is 4. The summed E-state index contributed by atoms with van der Waals surface area (Å²) in [6, 6.07) is 56.6. The van der Waals surface area contributed by atoms with Gasteiger partial charge >= 0.3 is 0 Å². The smallest absolute Gasteiger partial charge is 0.0641 e. The molecule has 0 amide bonds. The lowest BCUT2D eigenvalue weighted by molar-refractivity contribution is 0.615. The van der Waals surface area contributed by atoms with Gasteiger partial charge in [-0.2, -0.15) is 0 Å². The molecule has 4 nitrogen and oxygen atoms in total. The Labute approximate surface area is 341 Å². The standard InChI is InChI=1S/C55H40N4/c1-35-27-29-50-44(31-35)46-33-45-41-22-9-11-24-47(41)58(52(45)34-53(46)56(50)36-15-4-2-5-16-36)39-20-14-19-38(32-39)57-49-26-13-10-23-43(49)54-51(57)30-28-42-40-21-8-12-25-48(40)59(55(42)54)37-17-6-3-7-18-37/h2-15,17-30,32-36H,16,31H2,1H3. The van der Waals surface area contributed by atoms with Crippen LogP contribution in [0.3, 0.4) is 0 Å². The van der Waals surface area contributed by atoms with Crippen molar-refractivity contribution in [2.45, 2.75) is 25.8 Å². The largest absolute Gasteiger partial charge is 0.333 e. The van der Waals surface area contributed by atoms with Crippen molar-refractivity contribution in [2.75, 3.05) is 0 Å². The van der Waals surface area contributed by atoms with Crippen LogP contribution in [-0.4, -0.2) is 18.3 Å². The molecular weight excluding hydrogens is 717 g/mol. The van der Waals surface area contributed by atoms with Gasteiger partial charge in [0.25, 0.3) is 0 Å². The van der Waals surface area contributed by atoms with Gasteiger partial charge in [0, 0.05) is 60.5 Å². The summed E-state index contributed by atoms with van der Waals surface area (Å²) in [7, 11) is 0. The van der Waals surface area contributed by atoms with E-state index in [4.69, 9.17) is 0 Å². The molecule has 0 aliphatic heterocycles. The number of para-hydroxylation sites is 4. The lowest BCUT2D eigenvalue weighted by Gasteiger charge is -2.21. The second-order valence-electron chi connectivity index (χ2n) is 16.5. The predicted octanol–water partition coefficient (Wildman–Crippen LogP) is 14.2. The van der Waals surface area contributed by atoms with E-state index in [0.29, 0.717) is 5.92 Å². The number of hydrogen-bond acceptors (Lipinski definition) is 0. The summed E-state index contributed by atoms with van der Waals surface area (Å²) in [5, 5.41) is 9.01. The molecule has 7 aromatic carbocycles. The molecule has 0 spiro atoms. The number of allylic oxidation sites excluding steroid dienone is 5. The first-order valence-corrected chi connectivity index (χ1v) is 20.9. The van der Waals surface area contributed by atoms with E-state index < -0.39 is 0 Å². The van der Waals surface area contributed by atoms with Crippen LogP contribution in [0.15, 0.2) is 182 Å². The Hall–Kier alpha value is -7.30. The molecule has 4 heteroatoms. The molecule has 2 unspecified atom stereocenters. The first-order chi connectivity index (χ1) is 29.2. The Bertz CT molecular complexity index is 3630. The SMILES string of the molecule is CC1C=Cc2c(c3cc4c5ccccc5n(-c5cccc(-n6c7ccccc7c7c6ccc6c8ccccc8n(-c8ccccc8)c67)c5)c4cc3n2C2C=CC=CC2)C1. The highest BCUT2D eigenvalue weighted by atomic mass is 15.0. The lowest BCUT2D eigenvalue weighted by Crippen LogP contribution is -2.11. The zero-order valence-electron chi connectivity index (χ0n) is 32.8. The highest BCUT2D eigenvalue weighted by Gasteiger charge is 2.26. The molecule has 13 rings (SSSR count). The molecule has 4 heterocycles. The molecule has 0 bridgehead atoms. The van der Waals surface area contributed by atoms with Crippen molar-refractivity contribution >= 4 is 82.4 Å². The van der Waals surface area contributed by atoms with E-state index in [1.165, 1.54) is 93.3 Å². The maximum Gasteiger partial charge on any atom is 0.0641 e. The summed E-state index contributed by atoms with van der Waals surface area (Å²) in [4.78, 5) is 0. The fourth-order valence-electron chi connectivity index (χ4n) is 10.7. The topological polar surface area (TPSA) is 19.7 Å². The van der Waals surface area contributed by atoms with E-state index in [1.807, 2.05) is 0 Å². The average molecular weight is 757 g/mol. The van der Waals surface area contributed by atoms with Crippen molar-refractivity contribution in [2.24, 2.45) is 5.92 Å². The molecule has 0 saturated heterocycles. The Morgan fingerprint density at radius 3 is 1.88 bits per heavy atom. The zero-order chi connectivity index (χ0) is 38.8. The predicted molar refractivity (Wildman–Crippen MR) is 249 cm³/mol. The monoisotopic (exact) mass is 756 g/mol. The van der Waals surface area contributed by atoms with E-state index in [2.05, 4.69) is 213 Å². The van der Waals surface area contributed by atoms with Gasteiger partial charge in [-0.05, 0) is 97.1 Å². The minimum absolute atomic E-state index is 0.283. The number of benzene rings is 7. The van der Waals surface area contributed by atoms with Crippen molar-refractivity contribution in [3.05, 3.63) is 193 Å². The average Bonchev–Trinajstić information content (AvgIpc) is 4.01. The fraction of sp³-hybridized carbons (Fsp3) is 0.0909. The van der Waals surface area contributed by atoms with Crippen LogP contribution in [0.1, 0.15) is 30.6 Å². The number of rotatable bonds is 4. The third-order valence-electron chi connectivity index (χ3n) is 13.2. The van der Waals surface area contributed by atoms with Gasteiger partial charge in [0.15, 0.2) is 0 Å². The molecule has 2 aliphatic carbocycles. The van der Waals surface area contributed by atoms with Crippen molar-refractivity contribution in [1.82, 2.24) is 18.3 Å². The summed E-state index contributed by atoms with van der Waals surface area (Å²) in [6.07, 6.45) is 15.9. The van der Waals surface area contributed by atoms with Crippen LogP contribution in [0.2, 0.25) is 0 Å². The number of hydrogen-bond donors (Lipinski definition) is 0. The quantitative estimate of drug-likeness (QED) is 0.170. The summed E-state index contributed by atoms with van der Waals surface area (Å²) in [5.41, 5.74) is 14.9. The van der Waals surface area contributed by atoms with Crippen LogP contribution in [0.5, 0.6) is 0 Å². The Morgan fingerprint density at radius 2 is 1.12 bits per heavy atom. The molecule has 2 aliphatic rings. The first kappa shape index (κ1) is 32.8. The Balaban J connectivity index is 1.08. The van der Waals surface area contributed by atoms with Gasteiger partial charge in [-0.1, -0.05) is 122 Å². The fourth-order valence-corrected chi connectivity index (χ4v) is 10.7. The molecule has 4 aromatic heterocycles. The normalized spacial score (nSPS) is 16.6. The third-order valence-corrected chi connectivity index (χ3v) is 13.2. The highest BCUT2D eigenvalue weighted by molar-refractivity contribution is 6.26. The molecule has 0 saturated carbocycles. The van der Waals surface area contributed by atoms with Crippen molar-refractivity contribution in [3.63, 3.8) is 0 Å². The molecule has 59 heavy (non-hydrogen) atoms. The lowest BCUT2D eigenvalue weighted by atomic mass is 9.93. The van der Waals surface area contributed by atoms with E-state index in [0.717, 1.165) is 24.2 Å². The van der Waals surface area contributed by atoms with Crippen LogP contribution >= 0.6 is 0 Å². The van der Waals surface area contributed by atoms with Crippen LogP contribution in [0.25, 0.3) is 99.5 Å². The van der Waals surface area contributed by atoms with E-state index in [1.54, 1.807) is 0 Å². The van der Waals surface area contributed by atoms with Crippen molar-refractivity contribution < 1.29 is 0 Å². The van der Waals surface area contributed by atoms with Gasteiger partial charge in [-0.15, -0.1) is 0 Å². The second kappa shape index (κ2) is 12.3. The van der Waals surface area contributed by atoms with Crippen molar-refractivity contribution in [1.29, 1.82) is 0 Å². The van der Waals surface area contributed by atoms with Gasteiger partial charge in [0.1, 0.15) is 0 Å². The molecule has 0 N–H and O–H groups in total. The Morgan fingerprint density at radius 1 is 0.458 bits per heavy atom. The maximum atomic E-state index is 2.61. The van der Waals surface area contributed by atoms with Gasteiger partial charge in [-0.3, -0.25) is 0 Å². The second-order valence-corrected chi connectivity index (χ2v) is 16.5. The molecule has 2 atom stereocenters. The number of aromatic nitrogens is 4. The van der Waals surface area contributed by atoms with E-state index >= 15 is 0 Å². The van der Waals surface area contributed by atoms with Crippen LogP contribution in [0.4, 0.5) is 0 Å². The molecule has 11 aromatic rings. The maximum absolute atomic E-state index is 2.61. The van der Waals surface area contributed by atoms with Gasteiger partial charge in [-0.25, -0.2) is 0 Å². The molecule has 0 radical (unpaired) electrons. The van der Waals surface area contributed by atoms with E-state index in [-0.39, 0.29) is 6.04 Å². The summed E-state index contributed by atoms with van der Waals surface area (Å²) < 4.78 is 10.0. The third kappa shape index (κ3) is 4.60. The van der Waals surface area contributed by atoms with Crippen LogP contribution in [-0.2, 0) is 6.42 Å². The van der Waals surface area contributed by atoms with E-state index in [9.17, 15) is 0 Å². The summed E-state index contributed by atoms with van der Waals surface area (Å²) in [6.45, 7) is 2.34. The van der Waals surface area contributed by atoms with Gasteiger partial charge in [0.2, 0.25) is 0 Å². The summed E-state index contributed by atoms with van der Waals surface area (Å²) >= 11 is 0. The van der Waals surface area contributed by atoms with Gasteiger partial charge < -0.3 is 18.3 Å². The highest BCUT2D eigenvalue weighted by Crippen LogP contribution is 2.44. The molecule has 280 valence electrons. The molecular formula is C55H40N4. The summed E-state index contributed by atoms with van der Waals surface area (Å²) in [5.74, 6) is 0.516. The minimum Gasteiger partial charge on any atom is -0.333 e. The van der Waals surface area contributed by atoms with Crippen LogP contribution in [0, 0.1) is 5.92 Å². The van der Waals surface area contributed by atoms with Gasteiger partial charge in [0.05, 0.1) is 44.7 Å². The van der Waals surface area contributed by atoms with Crippen molar-refractivity contribution in [3.8, 4) is 17.1 Å². The van der Waals surface area contributed by atoms with Crippen LogP contribution < -0.4 is 0 Å². The first-order valence-electron chi connectivity index (χ1n) is 20.9. The number of fused-ring (bicyclic) bond motifs is 13. The minimum atomic E-state index is 0.283.